The Morgan fingerprint density at radius 2 is 2.22 bits per heavy atom. The number of amides is 3. The summed E-state index contributed by atoms with van der Waals surface area (Å²) in [6, 6.07) is 6.05. The van der Waals surface area contributed by atoms with Gasteiger partial charge in [-0.15, -0.1) is 0 Å². The standard InChI is InChI=1S/C20H25FN4O2/c1-3-25-13(2)23-20(18(25)26)8-7-15-11-24(12-17(15)20)19(27)22-10-14-5-4-6-16(21)9-14/h4-6,9,15,17H,3,7-8,10-12H2,1-2H3,(H,22,27)/t15-,17+,20-/m1/s1. The quantitative estimate of drug-likeness (QED) is 0.885. The summed E-state index contributed by atoms with van der Waals surface area (Å²) >= 11 is 0. The van der Waals surface area contributed by atoms with Gasteiger partial charge in [-0.05, 0) is 50.3 Å². The van der Waals surface area contributed by atoms with Gasteiger partial charge in [-0.25, -0.2) is 9.18 Å². The number of nitrogens with one attached hydrogen (secondary N) is 1. The van der Waals surface area contributed by atoms with E-state index in [1.54, 1.807) is 21.9 Å². The van der Waals surface area contributed by atoms with Gasteiger partial charge in [0, 0.05) is 32.1 Å². The number of rotatable bonds is 3. The number of hydrogen-bond acceptors (Lipinski definition) is 3. The molecule has 2 heterocycles. The fraction of sp³-hybridized carbons (Fsp3) is 0.550. The molecule has 1 aliphatic carbocycles. The Bertz CT molecular complexity index is 811. The van der Waals surface area contributed by atoms with Crippen molar-refractivity contribution in [2.75, 3.05) is 19.6 Å². The number of aliphatic imine (C=N–C) groups is 1. The van der Waals surface area contributed by atoms with E-state index in [1.165, 1.54) is 12.1 Å². The molecule has 0 bridgehead atoms. The van der Waals surface area contributed by atoms with Gasteiger partial charge in [0.1, 0.15) is 17.2 Å². The fourth-order valence-electron chi connectivity index (χ4n) is 4.95. The molecule has 3 aliphatic rings. The molecule has 1 aromatic rings. The normalized spacial score (nSPS) is 29.4. The first kappa shape index (κ1) is 17.9. The Morgan fingerprint density at radius 1 is 1.41 bits per heavy atom. The summed E-state index contributed by atoms with van der Waals surface area (Å²) in [6.07, 6.45) is 1.69. The number of fused-ring (bicyclic) bond motifs is 2. The molecule has 144 valence electrons. The minimum atomic E-state index is -0.678. The molecule has 1 spiro atoms. The average Bonchev–Trinajstić information content (AvgIpc) is 3.27. The van der Waals surface area contributed by atoms with Crippen LogP contribution in [0.3, 0.4) is 0 Å². The van der Waals surface area contributed by atoms with Gasteiger partial charge in [-0.3, -0.25) is 14.7 Å². The van der Waals surface area contributed by atoms with Crippen LogP contribution >= 0.6 is 0 Å². The van der Waals surface area contributed by atoms with Crippen molar-refractivity contribution in [3.63, 3.8) is 0 Å². The maximum atomic E-state index is 13.3. The first-order chi connectivity index (χ1) is 12.9. The zero-order valence-corrected chi connectivity index (χ0v) is 15.7. The lowest BCUT2D eigenvalue weighted by atomic mass is 9.85. The lowest BCUT2D eigenvalue weighted by Crippen LogP contribution is -2.47. The molecule has 3 amide bonds. The highest BCUT2D eigenvalue weighted by Crippen LogP contribution is 2.50. The van der Waals surface area contributed by atoms with Gasteiger partial charge in [-0.1, -0.05) is 12.1 Å². The van der Waals surface area contributed by atoms with Gasteiger partial charge in [0.25, 0.3) is 5.91 Å². The van der Waals surface area contributed by atoms with Gasteiger partial charge < -0.3 is 10.2 Å². The van der Waals surface area contributed by atoms with Crippen LogP contribution in [0.5, 0.6) is 0 Å². The molecule has 0 aromatic heterocycles. The van der Waals surface area contributed by atoms with Crippen LogP contribution in [0.4, 0.5) is 9.18 Å². The van der Waals surface area contributed by atoms with E-state index in [2.05, 4.69) is 5.32 Å². The van der Waals surface area contributed by atoms with Crippen molar-refractivity contribution in [2.24, 2.45) is 16.8 Å². The van der Waals surface area contributed by atoms with E-state index in [4.69, 9.17) is 4.99 Å². The van der Waals surface area contributed by atoms with E-state index in [-0.39, 0.29) is 30.2 Å². The van der Waals surface area contributed by atoms with Crippen molar-refractivity contribution in [3.8, 4) is 0 Å². The number of halogens is 1. The minimum Gasteiger partial charge on any atom is -0.334 e. The van der Waals surface area contributed by atoms with Crippen LogP contribution in [0.15, 0.2) is 29.3 Å². The van der Waals surface area contributed by atoms with Crippen molar-refractivity contribution >= 4 is 17.8 Å². The van der Waals surface area contributed by atoms with Crippen molar-refractivity contribution < 1.29 is 14.0 Å². The maximum Gasteiger partial charge on any atom is 0.317 e. The van der Waals surface area contributed by atoms with Crippen LogP contribution in [-0.2, 0) is 11.3 Å². The lowest BCUT2D eigenvalue weighted by Gasteiger charge is -2.27. The third-order valence-electron chi connectivity index (χ3n) is 6.25. The van der Waals surface area contributed by atoms with Crippen LogP contribution in [0.2, 0.25) is 0 Å². The highest BCUT2D eigenvalue weighted by atomic mass is 19.1. The fourth-order valence-corrected chi connectivity index (χ4v) is 4.95. The second-order valence-electron chi connectivity index (χ2n) is 7.73. The van der Waals surface area contributed by atoms with Crippen molar-refractivity contribution in [3.05, 3.63) is 35.6 Å². The molecule has 2 fully saturated rings. The number of carbonyl (C=O) groups excluding carboxylic acids is 2. The van der Waals surface area contributed by atoms with E-state index < -0.39 is 5.54 Å². The van der Waals surface area contributed by atoms with E-state index in [0.29, 0.717) is 25.6 Å². The van der Waals surface area contributed by atoms with E-state index >= 15 is 0 Å². The summed E-state index contributed by atoms with van der Waals surface area (Å²) in [5, 5.41) is 2.87. The first-order valence-corrected chi connectivity index (χ1v) is 9.60. The maximum absolute atomic E-state index is 13.3. The molecule has 3 atom stereocenters. The van der Waals surface area contributed by atoms with Gasteiger partial charge in [0.05, 0.1) is 0 Å². The van der Waals surface area contributed by atoms with E-state index in [0.717, 1.165) is 24.2 Å². The number of amidine groups is 1. The number of benzene rings is 1. The summed E-state index contributed by atoms with van der Waals surface area (Å²) in [5.74, 6) is 0.959. The zero-order chi connectivity index (χ0) is 19.2. The molecule has 0 unspecified atom stereocenters. The molecule has 27 heavy (non-hydrogen) atoms. The molecule has 4 rings (SSSR count). The van der Waals surface area contributed by atoms with E-state index in [1.807, 2.05) is 13.8 Å². The number of carbonyl (C=O) groups is 2. The monoisotopic (exact) mass is 372 g/mol. The highest BCUT2D eigenvalue weighted by molar-refractivity contribution is 6.07. The number of likely N-dealkylation sites (N-methyl/N-ethyl adjacent to an activating group) is 1. The predicted molar refractivity (Wildman–Crippen MR) is 99.6 cm³/mol. The molecule has 1 saturated carbocycles. The van der Waals surface area contributed by atoms with Crippen LogP contribution in [0.1, 0.15) is 32.3 Å². The van der Waals surface area contributed by atoms with Crippen molar-refractivity contribution in [1.82, 2.24) is 15.1 Å². The summed E-state index contributed by atoms with van der Waals surface area (Å²) in [5.41, 5.74) is 0.0477. The van der Waals surface area contributed by atoms with Crippen LogP contribution in [-0.4, -0.2) is 52.7 Å². The summed E-state index contributed by atoms with van der Waals surface area (Å²) in [4.78, 5) is 33.9. The molecule has 2 aliphatic heterocycles. The largest absolute Gasteiger partial charge is 0.334 e. The predicted octanol–water partition coefficient (Wildman–Crippen LogP) is 2.40. The molecular weight excluding hydrogens is 347 g/mol. The van der Waals surface area contributed by atoms with Crippen LogP contribution in [0.25, 0.3) is 0 Å². The third kappa shape index (κ3) is 2.89. The molecule has 0 radical (unpaired) electrons. The second kappa shape index (κ2) is 6.62. The molecule has 1 N–H and O–H groups in total. The number of urea groups is 1. The van der Waals surface area contributed by atoms with Gasteiger partial charge in [-0.2, -0.15) is 0 Å². The molecule has 6 nitrogen and oxygen atoms in total. The molecule has 1 saturated heterocycles. The van der Waals surface area contributed by atoms with Crippen LogP contribution in [0, 0.1) is 17.7 Å². The Morgan fingerprint density at radius 3 is 2.93 bits per heavy atom. The minimum absolute atomic E-state index is 0.0800. The number of nitrogens with zero attached hydrogens (tertiary/aromatic N) is 3. The molecule has 1 aromatic carbocycles. The first-order valence-electron chi connectivity index (χ1n) is 9.60. The van der Waals surface area contributed by atoms with Gasteiger partial charge >= 0.3 is 6.03 Å². The average molecular weight is 372 g/mol. The smallest absolute Gasteiger partial charge is 0.317 e. The summed E-state index contributed by atoms with van der Waals surface area (Å²) in [6.45, 7) is 5.96. The second-order valence-corrected chi connectivity index (χ2v) is 7.73. The molecular formula is C20H25FN4O2. The summed E-state index contributed by atoms with van der Waals surface area (Å²) in [7, 11) is 0. The van der Waals surface area contributed by atoms with Crippen molar-refractivity contribution in [1.29, 1.82) is 0 Å². The number of hydrogen-bond donors (Lipinski definition) is 1. The summed E-state index contributed by atoms with van der Waals surface area (Å²) < 4.78 is 13.3. The van der Waals surface area contributed by atoms with Gasteiger partial charge in [0.2, 0.25) is 0 Å². The van der Waals surface area contributed by atoms with Gasteiger partial charge in [0.15, 0.2) is 0 Å². The number of likely N-dealkylation sites (tertiary alicyclic amines) is 1. The Hall–Kier alpha value is -2.44. The zero-order valence-electron chi connectivity index (χ0n) is 15.7. The SMILES string of the molecule is CCN1C(=O)[C@]2(CC[C@@H]3CN(C(=O)NCc4cccc(F)c4)C[C@@H]32)N=C1C. The molecule has 7 heteroatoms. The third-order valence-corrected chi connectivity index (χ3v) is 6.25. The van der Waals surface area contributed by atoms with E-state index in [9.17, 15) is 14.0 Å². The Balaban J connectivity index is 1.43. The van der Waals surface area contributed by atoms with Crippen LogP contribution < -0.4 is 5.32 Å². The van der Waals surface area contributed by atoms with Crippen molar-refractivity contribution in [2.45, 2.75) is 38.8 Å². The lowest BCUT2D eigenvalue weighted by molar-refractivity contribution is -0.132. The Kier molecular flexibility index (Phi) is 4.40. The topological polar surface area (TPSA) is 65.0 Å². The highest BCUT2D eigenvalue weighted by Gasteiger charge is 2.60. The Labute approximate surface area is 158 Å².